The highest BCUT2D eigenvalue weighted by atomic mass is 79.9. The topological polar surface area (TPSA) is 88.8 Å². The predicted octanol–water partition coefficient (Wildman–Crippen LogP) is 3.26. The van der Waals surface area contributed by atoms with Crippen LogP contribution in [0.2, 0.25) is 5.02 Å². The van der Waals surface area contributed by atoms with Crippen molar-refractivity contribution in [2.75, 3.05) is 0 Å². The highest BCUT2D eigenvalue weighted by Crippen LogP contribution is 2.39. The van der Waals surface area contributed by atoms with Crippen molar-refractivity contribution in [2.24, 2.45) is 5.14 Å². The lowest BCUT2D eigenvalue weighted by Gasteiger charge is -2.15. The van der Waals surface area contributed by atoms with E-state index in [-0.39, 0.29) is 16.1 Å². The van der Waals surface area contributed by atoms with Gasteiger partial charge in [-0.05, 0) is 28.1 Å². The molecule has 2 rings (SSSR count). The number of rotatable bonds is 3. The second-order valence-corrected chi connectivity index (χ2v) is 7.29. The van der Waals surface area contributed by atoms with Crippen molar-refractivity contribution in [3.8, 4) is 0 Å². The van der Waals surface area contributed by atoms with Gasteiger partial charge in [0.25, 0.3) is 0 Å². The van der Waals surface area contributed by atoms with E-state index in [9.17, 15) is 21.6 Å². The van der Waals surface area contributed by atoms with E-state index in [4.69, 9.17) is 16.7 Å². The van der Waals surface area contributed by atoms with E-state index in [0.717, 1.165) is 0 Å². The van der Waals surface area contributed by atoms with Crippen molar-refractivity contribution >= 4 is 48.5 Å². The van der Waals surface area contributed by atoms with Crippen molar-refractivity contribution < 1.29 is 21.6 Å². The Morgan fingerprint density at radius 3 is 2.57 bits per heavy atom. The maximum absolute atomic E-state index is 12.6. The number of benzene rings is 1. The number of halogens is 5. The molecule has 0 aliphatic rings. The van der Waals surface area contributed by atoms with Gasteiger partial charge in [0.15, 0.2) is 0 Å². The number of aromatic amines is 1. The summed E-state index contributed by atoms with van der Waals surface area (Å²) in [4.78, 5) is 0. The van der Waals surface area contributed by atoms with Crippen molar-refractivity contribution in [3.63, 3.8) is 0 Å². The molecule has 1 aromatic carbocycles. The molecule has 3 N–H and O–H groups in total. The first kappa shape index (κ1) is 16.5. The maximum atomic E-state index is 12.6. The van der Waals surface area contributed by atoms with Gasteiger partial charge in [0.05, 0.1) is 22.7 Å². The Kier molecular flexibility index (Phi) is 4.26. The fourth-order valence-corrected chi connectivity index (χ4v) is 3.47. The molecule has 0 fully saturated rings. The number of nitrogens with zero attached hydrogens (tertiary/aromatic N) is 1. The van der Waals surface area contributed by atoms with E-state index in [1.807, 2.05) is 0 Å². The van der Waals surface area contributed by atoms with Gasteiger partial charge in [-0.25, -0.2) is 13.6 Å². The van der Waals surface area contributed by atoms with Gasteiger partial charge in [-0.15, -0.1) is 0 Å². The van der Waals surface area contributed by atoms with Crippen LogP contribution >= 0.6 is 27.5 Å². The van der Waals surface area contributed by atoms with Crippen LogP contribution in [-0.4, -0.2) is 24.8 Å². The minimum absolute atomic E-state index is 0.0766. The molecule has 116 valence electrons. The first-order chi connectivity index (χ1) is 9.50. The molecule has 1 aromatic heterocycles. The van der Waals surface area contributed by atoms with Crippen molar-refractivity contribution in [2.45, 2.75) is 17.8 Å². The molecule has 11 heteroatoms. The average molecular weight is 407 g/mol. The van der Waals surface area contributed by atoms with E-state index in [2.05, 4.69) is 26.1 Å². The predicted molar refractivity (Wildman–Crippen MR) is 75.3 cm³/mol. The lowest BCUT2D eigenvalue weighted by Crippen LogP contribution is -2.27. The smallest absolute Gasteiger partial charge is 0.276 e. The van der Waals surface area contributed by atoms with Crippen LogP contribution in [0.1, 0.15) is 17.4 Å². The second-order valence-electron chi connectivity index (χ2n) is 4.29. The third kappa shape index (κ3) is 3.50. The fourth-order valence-electron chi connectivity index (χ4n) is 1.90. The highest BCUT2D eigenvalue weighted by molar-refractivity contribution is 9.10. The molecular formula is C10H8BrClF3N3O2S. The number of primary sulfonamides is 1. The number of sulfonamides is 1. The molecule has 0 bridgehead atoms. The first-order valence-electron chi connectivity index (χ1n) is 5.41. The third-order valence-corrected chi connectivity index (χ3v) is 4.93. The number of nitrogens with one attached hydrogen (secondary N) is 1. The van der Waals surface area contributed by atoms with Crippen molar-refractivity contribution in [1.82, 2.24) is 10.2 Å². The molecule has 0 amide bonds. The third-order valence-electron chi connectivity index (χ3n) is 2.77. The zero-order valence-corrected chi connectivity index (χ0v) is 13.2. The Morgan fingerprint density at radius 1 is 1.43 bits per heavy atom. The summed E-state index contributed by atoms with van der Waals surface area (Å²) < 4.78 is 61.3. The van der Waals surface area contributed by atoms with Crippen LogP contribution in [0.25, 0.3) is 10.9 Å². The molecule has 0 spiro atoms. The van der Waals surface area contributed by atoms with Gasteiger partial charge < -0.3 is 0 Å². The molecule has 21 heavy (non-hydrogen) atoms. The minimum atomic E-state index is -4.72. The lowest BCUT2D eigenvalue weighted by molar-refractivity contribution is -0.135. The zero-order chi connectivity index (χ0) is 16.0. The number of hydrogen-bond acceptors (Lipinski definition) is 3. The molecule has 0 radical (unpaired) electrons. The Bertz CT molecular complexity index is 791. The van der Waals surface area contributed by atoms with Crippen LogP contribution < -0.4 is 5.14 Å². The van der Waals surface area contributed by atoms with Crippen LogP contribution in [0.5, 0.6) is 0 Å². The van der Waals surface area contributed by atoms with Crippen LogP contribution in [0.4, 0.5) is 13.2 Å². The number of alkyl halides is 3. The molecule has 0 saturated heterocycles. The molecule has 5 nitrogen and oxygen atoms in total. The van der Waals surface area contributed by atoms with Crippen molar-refractivity contribution in [1.29, 1.82) is 0 Å². The number of hydrogen-bond donors (Lipinski definition) is 2. The van der Waals surface area contributed by atoms with E-state index in [1.165, 1.54) is 6.07 Å². The number of H-pyrrole nitrogens is 1. The van der Waals surface area contributed by atoms with Gasteiger partial charge in [0, 0.05) is 9.86 Å². The van der Waals surface area contributed by atoms with E-state index in [0.29, 0.717) is 9.99 Å². The molecule has 1 atom stereocenters. The number of fused-ring (bicyclic) bond motifs is 1. The monoisotopic (exact) mass is 405 g/mol. The van der Waals surface area contributed by atoms with E-state index >= 15 is 0 Å². The van der Waals surface area contributed by atoms with Gasteiger partial charge in [-0.1, -0.05) is 11.6 Å². The van der Waals surface area contributed by atoms with Gasteiger partial charge in [-0.2, -0.15) is 18.3 Å². The summed E-state index contributed by atoms with van der Waals surface area (Å²) >= 11 is 9.12. The molecular weight excluding hydrogens is 399 g/mol. The molecule has 1 unspecified atom stereocenters. The van der Waals surface area contributed by atoms with Gasteiger partial charge in [0.1, 0.15) is 5.25 Å². The number of nitrogens with two attached hydrogens (primary N) is 1. The standard InChI is InChI=1S/C10H8BrClF3N3O2S/c11-4-1-2-5(12)7-8(4)17-18-9(7)6(21(16,19)20)3-10(13,14)15/h1-2,6H,3H2,(H,17,18)(H2,16,19,20). The SMILES string of the molecule is NS(=O)(=O)C(CC(F)(F)F)c1n[nH]c2c(Br)ccc(Cl)c12. The lowest BCUT2D eigenvalue weighted by atomic mass is 10.1. The quantitative estimate of drug-likeness (QED) is 0.820. The summed E-state index contributed by atoms with van der Waals surface area (Å²) in [5.41, 5.74) is -0.0514. The van der Waals surface area contributed by atoms with E-state index < -0.39 is 27.9 Å². The summed E-state index contributed by atoms with van der Waals surface area (Å²) in [5, 5.41) is 9.20. The summed E-state index contributed by atoms with van der Waals surface area (Å²) in [6.07, 6.45) is -6.37. The molecule has 2 aromatic rings. The van der Waals surface area contributed by atoms with Crippen LogP contribution in [0, 0.1) is 0 Å². The summed E-state index contributed by atoms with van der Waals surface area (Å²) in [6.45, 7) is 0. The normalized spacial score (nSPS) is 14.6. The Hall–Kier alpha value is -0.840. The summed E-state index contributed by atoms with van der Waals surface area (Å²) in [5.74, 6) is 0. The van der Waals surface area contributed by atoms with Crippen LogP contribution in [-0.2, 0) is 10.0 Å². The minimum Gasteiger partial charge on any atom is -0.276 e. The zero-order valence-electron chi connectivity index (χ0n) is 10.1. The first-order valence-corrected chi connectivity index (χ1v) is 8.19. The van der Waals surface area contributed by atoms with Crippen LogP contribution in [0.15, 0.2) is 16.6 Å². The largest absolute Gasteiger partial charge is 0.390 e. The van der Waals surface area contributed by atoms with Crippen LogP contribution in [0.3, 0.4) is 0 Å². The molecule has 0 saturated carbocycles. The molecule has 0 aliphatic heterocycles. The van der Waals surface area contributed by atoms with Crippen molar-refractivity contribution in [3.05, 3.63) is 27.3 Å². The Labute approximate surface area is 130 Å². The fraction of sp³-hybridized carbons (Fsp3) is 0.300. The Morgan fingerprint density at radius 2 is 2.05 bits per heavy atom. The summed E-state index contributed by atoms with van der Waals surface area (Å²) in [6, 6.07) is 2.98. The molecule has 0 aliphatic carbocycles. The number of aromatic nitrogens is 2. The second kappa shape index (κ2) is 5.41. The van der Waals surface area contributed by atoms with E-state index in [1.54, 1.807) is 6.07 Å². The maximum Gasteiger partial charge on any atom is 0.390 e. The highest BCUT2D eigenvalue weighted by Gasteiger charge is 2.40. The Balaban J connectivity index is 2.70. The van der Waals surface area contributed by atoms with Gasteiger partial charge in [-0.3, -0.25) is 5.10 Å². The van der Waals surface area contributed by atoms with Gasteiger partial charge >= 0.3 is 6.18 Å². The average Bonchev–Trinajstić information content (AvgIpc) is 2.74. The van der Waals surface area contributed by atoms with Gasteiger partial charge in [0.2, 0.25) is 10.0 Å². The molecule has 1 heterocycles. The summed E-state index contributed by atoms with van der Waals surface area (Å²) in [7, 11) is -4.52.